The number of aliphatic hydroxyl groups excluding tert-OH is 1. The monoisotopic (exact) mass is 550 g/mol. The molecule has 3 rings (SSSR count). The number of aliphatic hydroxyl groups is 1. The van der Waals surface area contributed by atoms with Crippen molar-refractivity contribution in [3.8, 4) is 17.6 Å². The summed E-state index contributed by atoms with van der Waals surface area (Å²) in [5, 5.41) is 9.79. The third kappa shape index (κ3) is 6.52. The van der Waals surface area contributed by atoms with Gasteiger partial charge >= 0.3 is 0 Å². The number of aryl methyl sites for hydroxylation is 1. The predicted octanol–water partition coefficient (Wildman–Crippen LogP) is 2.08. The molecule has 0 unspecified atom stereocenters. The fourth-order valence-electron chi connectivity index (χ4n) is 3.97. The molecule has 0 aromatic heterocycles. The Labute approximate surface area is 220 Å². The van der Waals surface area contributed by atoms with E-state index in [0.717, 1.165) is 5.56 Å². The first kappa shape index (κ1) is 29.1. The summed E-state index contributed by atoms with van der Waals surface area (Å²) in [6.07, 6.45) is -0.685. The van der Waals surface area contributed by atoms with Crippen molar-refractivity contribution in [3.05, 3.63) is 53.6 Å². The number of hydrogen-bond acceptors (Lipinski definition) is 7. The summed E-state index contributed by atoms with van der Waals surface area (Å²) in [6.45, 7) is 5.17. The first-order chi connectivity index (χ1) is 17.4. The van der Waals surface area contributed by atoms with Crippen molar-refractivity contribution >= 4 is 20.0 Å². The number of likely N-dealkylation sites (N-methyl/N-ethyl adjacent to an activating group) is 1. The van der Waals surface area contributed by atoms with Crippen LogP contribution in [0.5, 0.6) is 5.75 Å². The van der Waals surface area contributed by atoms with Crippen LogP contribution in [0.2, 0.25) is 0 Å². The standard InChI is InChI=1S/C26H34N2O7S2/c1-19-8-11-23(12-9-19)36(30,31)27(4)17-25-20(2)16-28(21(3)18-29)37(32,33)26-13-10-22(7-6-14-34-5)15-24(26)35-25/h8-13,15,20-21,25,29H,14,16-18H2,1-5H3/t20-,21-,25-/m1/s1. The fraction of sp³-hybridized carbons (Fsp3) is 0.462. The van der Waals surface area contributed by atoms with Crippen LogP contribution in [0.4, 0.5) is 0 Å². The lowest BCUT2D eigenvalue weighted by Gasteiger charge is -2.37. The van der Waals surface area contributed by atoms with Crippen molar-refractivity contribution in [1.29, 1.82) is 0 Å². The maximum Gasteiger partial charge on any atom is 0.247 e. The summed E-state index contributed by atoms with van der Waals surface area (Å²) in [5.74, 6) is 5.41. The van der Waals surface area contributed by atoms with Crippen molar-refractivity contribution in [1.82, 2.24) is 8.61 Å². The van der Waals surface area contributed by atoms with Crippen molar-refractivity contribution in [3.63, 3.8) is 0 Å². The Morgan fingerprint density at radius 1 is 1.24 bits per heavy atom. The lowest BCUT2D eigenvalue weighted by molar-refractivity contribution is 0.0904. The number of methoxy groups -OCH3 is 1. The quantitative estimate of drug-likeness (QED) is 0.525. The van der Waals surface area contributed by atoms with Crippen LogP contribution in [-0.4, -0.2) is 83.2 Å². The average molecular weight is 551 g/mol. The molecular formula is C26H34N2O7S2. The second-order valence-corrected chi connectivity index (χ2v) is 13.1. The van der Waals surface area contributed by atoms with Gasteiger partial charge in [0.25, 0.3) is 0 Å². The molecule has 0 spiro atoms. The normalized spacial score (nSPS) is 20.6. The highest BCUT2D eigenvalue weighted by atomic mass is 32.2. The average Bonchev–Trinajstić information content (AvgIpc) is 2.86. The van der Waals surface area contributed by atoms with E-state index in [0.29, 0.717) is 5.56 Å². The Balaban J connectivity index is 2.04. The van der Waals surface area contributed by atoms with E-state index in [-0.39, 0.29) is 41.8 Å². The molecule has 0 bridgehead atoms. The molecule has 2 aromatic rings. The molecule has 2 aromatic carbocycles. The summed E-state index contributed by atoms with van der Waals surface area (Å²) in [7, 11) is -4.83. The van der Waals surface area contributed by atoms with E-state index >= 15 is 0 Å². The van der Waals surface area contributed by atoms with Gasteiger partial charge in [-0.05, 0) is 44.2 Å². The third-order valence-corrected chi connectivity index (χ3v) is 10.1. The molecule has 37 heavy (non-hydrogen) atoms. The molecule has 0 radical (unpaired) electrons. The van der Waals surface area contributed by atoms with E-state index in [1.807, 2.05) is 6.92 Å². The maximum absolute atomic E-state index is 13.6. The minimum Gasteiger partial charge on any atom is -0.487 e. The SMILES string of the molecule is COCC#Cc1ccc2c(c1)O[C@H](CN(C)S(=O)(=O)c1ccc(C)cc1)[C@H](C)CN([C@H](C)CO)S2(=O)=O. The van der Waals surface area contributed by atoms with Crippen LogP contribution in [0.1, 0.15) is 25.0 Å². The molecule has 1 N–H and O–H groups in total. The number of sulfonamides is 2. The van der Waals surface area contributed by atoms with E-state index < -0.39 is 38.1 Å². The van der Waals surface area contributed by atoms with Gasteiger partial charge in [-0.3, -0.25) is 0 Å². The Kier molecular flexibility index (Phi) is 9.39. The van der Waals surface area contributed by atoms with Gasteiger partial charge < -0.3 is 14.6 Å². The molecule has 1 aliphatic rings. The van der Waals surface area contributed by atoms with Crippen molar-refractivity contribution in [2.45, 2.75) is 42.7 Å². The van der Waals surface area contributed by atoms with Crippen LogP contribution >= 0.6 is 0 Å². The summed E-state index contributed by atoms with van der Waals surface area (Å²) < 4.78 is 67.3. The largest absolute Gasteiger partial charge is 0.487 e. The first-order valence-electron chi connectivity index (χ1n) is 11.9. The minimum atomic E-state index is -4.01. The summed E-state index contributed by atoms with van der Waals surface area (Å²) in [5.41, 5.74) is 1.47. The van der Waals surface area contributed by atoms with Gasteiger partial charge in [-0.25, -0.2) is 16.8 Å². The summed E-state index contributed by atoms with van der Waals surface area (Å²) in [4.78, 5) is 0.0966. The Hall–Kier alpha value is -2.46. The van der Waals surface area contributed by atoms with Gasteiger partial charge in [0.1, 0.15) is 23.4 Å². The molecule has 1 heterocycles. The zero-order chi connectivity index (χ0) is 27.4. The molecule has 202 valence electrons. The first-order valence-corrected chi connectivity index (χ1v) is 14.7. The smallest absolute Gasteiger partial charge is 0.247 e. The molecule has 0 saturated carbocycles. The third-order valence-electron chi connectivity index (χ3n) is 6.28. The van der Waals surface area contributed by atoms with Gasteiger partial charge in [0, 0.05) is 38.2 Å². The predicted molar refractivity (Wildman–Crippen MR) is 140 cm³/mol. The molecule has 0 saturated heterocycles. The molecule has 0 aliphatic carbocycles. The number of fused-ring (bicyclic) bond motifs is 1. The van der Waals surface area contributed by atoms with Crippen LogP contribution < -0.4 is 4.74 Å². The van der Waals surface area contributed by atoms with Gasteiger partial charge in [-0.15, -0.1) is 0 Å². The number of rotatable bonds is 7. The highest BCUT2D eigenvalue weighted by molar-refractivity contribution is 7.89. The Morgan fingerprint density at radius 2 is 1.92 bits per heavy atom. The van der Waals surface area contributed by atoms with Gasteiger partial charge in [0.15, 0.2) is 0 Å². The molecule has 0 fully saturated rings. The lowest BCUT2D eigenvalue weighted by atomic mass is 10.0. The molecule has 0 amide bonds. The molecule has 9 nitrogen and oxygen atoms in total. The van der Waals surface area contributed by atoms with E-state index in [2.05, 4.69) is 11.8 Å². The topological polar surface area (TPSA) is 113 Å². The molecule has 3 atom stereocenters. The molecule has 1 aliphatic heterocycles. The Bertz CT molecular complexity index is 1360. The second-order valence-electron chi connectivity index (χ2n) is 9.23. The van der Waals surface area contributed by atoms with E-state index in [9.17, 15) is 21.9 Å². The number of nitrogens with zero attached hydrogens (tertiary/aromatic N) is 2. The number of benzene rings is 2. The fourth-order valence-corrected chi connectivity index (χ4v) is 6.98. The number of hydrogen-bond donors (Lipinski definition) is 1. The summed E-state index contributed by atoms with van der Waals surface area (Å²) >= 11 is 0. The Morgan fingerprint density at radius 3 is 2.54 bits per heavy atom. The van der Waals surface area contributed by atoms with Crippen molar-refractivity contribution in [2.75, 3.05) is 40.5 Å². The zero-order valence-electron chi connectivity index (χ0n) is 21.7. The zero-order valence-corrected chi connectivity index (χ0v) is 23.3. The van der Waals surface area contributed by atoms with Crippen LogP contribution in [0.15, 0.2) is 52.3 Å². The van der Waals surface area contributed by atoms with Crippen LogP contribution in [0.3, 0.4) is 0 Å². The second kappa shape index (κ2) is 11.9. The van der Waals surface area contributed by atoms with Crippen molar-refractivity contribution < 1.29 is 31.4 Å². The summed E-state index contributed by atoms with van der Waals surface area (Å²) in [6, 6.07) is 10.4. The van der Waals surface area contributed by atoms with Gasteiger partial charge in [0.2, 0.25) is 20.0 Å². The van der Waals surface area contributed by atoms with Crippen molar-refractivity contribution in [2.24, 2.45) is 5.92 Å². The minimum absolute atomic E-state index is 0.0161. The van der Waals surface area contributed by atoms with Crippen LogP contribution in [-0.2, 0) is 24.8 Å². The van der Waals surface area contributed by atoms with Crippen LogP contribution in [0, 0.1) is 24.7 Å². The maximum atomic E-state index is 13.6. The highest BCUT2D eigenvalue weighted by Gasteiger charge is 2.39. The lowest BCUT2D eigenvalue weighted by Crippen LogP contribution is -2.50. The molecular weight excluding hydrogens is 516 g/mol. The van der Waals surface area contributed by atoms with E-state index in [1.54, 1.807) is 44.2 Å². The van der Waals surface area contributed by atoms with E-state index in [1.165, 1.54) is 34.9 Å². The van der Waals surface area contributed by atoms with Gasteiger partial charge in [-0.2, -0.15) is 8.61 Å². The molecule has 11 heteroatoms. The van der Waals surface area contributed by atoms with Crippen LogP contribution in [0.25, 0.3) is 0 Å². The highest BCUT2D eigenvalue weighted by Crippen LogP contribution is 2.34. The van der Waals surface area contributed by atoms with Gasteiger partial charge in [-0.1, -0.05) is 36.5 Å². The van der Waals surface area contributed by atoms with E-state index in [4.69, 9.17) is 9.47 Å². The number of ether oxygens (including phenoxy) is 2. The van der Waals surface area contributed by atoms with Gasteiger partial charge in [0.05, 0.1) is 18.0 Å².